The summed E-state index contributed by atoms with van der Waals surface area (Å²) < 4.78 is 25.0. The normalized spacial score (nSPS) is 12.6. The number of hydrogen-bond donors (Lipinski definition) is 1. The molecule has 0 aromatic carbocycles. The van der Waals surface area contributed by atoms with Crippen LogP contribution >= 0.6 is 0 Å². The van der Waals surface area contributed by atoms with Crippen LogP contribution in [-0.4, -0.2) is 35.2 Å². The van der Waals surface area contributed by atoms with Crippen LogP contribution in [0.5, 0.6) is 0 Å². The summed E-state index contributed by atoms with van der Waals surface area (Å²) in [6.07, 6.45) is 1.83. The second kappa shape index (κ2) is 6.33. The fourth-order valence-electron chi connectivity index (χ4n) is 1.39. The van der Waals surface area contributed by atoms with Gasteiger partial charge in [0, 0.05) is 18.8 Å². The fraction of sp³-hybridized carbons (Fsp3) is 0.750. The van der Waals surface area contributed by atoms with Gasteiger partial charge in [-0.15, -0.1) is 0 Å². The summed E-state index contributed by atoms with van der Waals surface area (Å²) in [4.78, 5) is 0. The van der Waals surface area contributed by atoms with E-state index in [1.165, 1.54) is 0 Å². The SMILES string of the molecule is CC(C)NCc1ccn(CCS(=O)(=O)C(C)C)n1. The van der Waals surface area contributed by atoms with E-state index >= 15 is 0 Å². The molecule has 1 aromatic rings. The summed E-state index contributed by atoms with van der Waals surface area (Å²) in [7, 11) is -2.99. The molecule has 0 aliphatic carbocycles. The van der Waals surface area contributed by atoms with Crippen LogP contribution in [0.3, 0.4) is 0 Å². The van der Waals surface area contributed by atoms with Gasteiger partial charge in [0.15, 0.2) is 9.84 Å². The van der Waals surface area contributed by atoms with E-state index in [0.29, 0.717) is 19.1 Å². The van der Waals surface area contributed by atoms with Crippen LogP contribution in [0, 0.1) is 0 Å². The first-order valence-electron chi connectivity index (χ1n) is 6.28. The van der Waals surface area contributed by atoms with Crippen molar-refractivity contribution in [3.63, 3.8) is 0 Å². The lowest BCUT2D eigenvalue weighted by atomic mass is 10.3. The summed E-state index contributed by atoms with van der Waals surface area (Å²) in [6, 6.07) is 2.33. The lowest BCUT2D eigenvalue weighted by molar-refractivity contribution is 0.558. The van der Waals surface area contributed by atoms with Crippen LogP contribution in [0.15, 0.2) is 12.3 Å². The third kappa shape index (κ3) is 4.78. The molecule has 0 radical (unpaired) electrons. The van der Waals surface area contributed by atoms with Crippen molar-refractivity contribution in [2.45, 2.75) is 52.1 Å². The molecule has 0 saturated heterocycles. The Hall–Kier alpha value is -0.880. The number of nitrogens with zero attached hydrogens (tertiary/aromatic N) is 2. The van der Waals surface area contributed by atoms with Gasteiger partial charge in [-0.25, -0.2) is 8.42 Å². The number of nitrogens with one attached hydrogen (secondary N) is 1. The highest BCUT2D eigenvalue weighted by molar-refractivity contribution is 7.91. The predicted octanol–water partition coefficient (Wildman–Crippen LogP) is 1.20. The van der Waals surface area contributed by atoms with Crippen molar-refractivity contribution in [1.29, 1.82) is 0 Å². The van der Waals surface area contributed by atoms with Crippen LogP contribution in [0.25, 0.3) is 0 Å². The predicted molar refractivity (Wildman–Crippen MR) is 73.1 cm³/mol. The number of sulfone groups is 1. The van der Waals surface area contributed by atoms with E-state index in [2.05, 4.69) is 24.3 Å². The number of rotatable bonds is 7. The molecule has 1 N–H and O–H groups in total. The smallest absolute Gasteiger partial charge is 0.154 e. The molecule has 1 aromatic heterocycles. The first kappa shape index (κ1) is 15.2. The van der Waals surface area contributed by atoms with Gasteiger partial charge in [-0.05, 0) is 19.9 Å². The molecule has 0 fully saturated rings. The molecule has 18 heavy (non-hydrogen) atoms. The topological polar surface area (TPSA) is 64.0 Å². The molecular formula is C12H23N3O2S. The maximum absolute atomic E-state index is 11.7. The molecule has 0 unspecified atom stereocenters. The second-order valence-corrected chi connectivity index (χ2v) is 7.70. The summed E-state index contributed by atoms with van der Waals surface area (Å²) in [5.41, 5.74) is 0.936. The molecule has 0 spiro atoms. The average Bonchev–Trinajstić information content (AvgIpc) is 2.71. The molecule has 1 heterocycles. The van der Waals surface area contributed by atoms with Gasteiger partial charge in [0.25, 0.3) is 0 Å². The van der Waals surface area contributed by atoms with Crippen molar-refractivity contribution in [2.24, 2.45) is 0 Å². The zero-order valence-corrected chi connectivity index (χ0v) is 12.4. The van der Waals surface area contributed by atoms with E-state index in [9.17, 15) is 8.42 Å². The highest BCUT2D eigenvalue weighted by Crippen LogP contribution is 2.03. The molecule has 5 nitrogen and oxygen atoms in total. The third-order valence-electron chi connectivity index (χ3n) is 2.71. The maximum Gasteiger partial charge on any atom is 0.154 e. The van der Waals surface area contributed by atoms with Gasteiger partial charge in [-0.2, -0.15) is 5.10 Å². The van der Waals surface area contributed by atoms with Crippen LogP contribution in [0.1, 0.15) is 33.4 Å². The van der Waals surface area contributed by atoms with E-state index in [-0.39, 0.29) is 11.0 Å². The average molecular weight is 273 g/mol. The van der Waals surface area contributed by atoms with Crippen molar-refractivity contribution in [1.82, 2.24) is 15.1 Å². The lowest BCUT2D eigenvalue weighted by Gasteiger charge is -2.07. The molecule has 0 amide bonds. The Morgan fingerprint density at radius 2 is 2.00 bits per heavy atom. The first-order chi connectivity index (χ1) is 8.31. The minimum atomic E-state index is -2.99. The molecule has 0 atom stereocenters. The van der Waals surface area contributed by atoms with Gasteiger partial charge in [0.1, 0.15) is 0 Å². The van der Waals surface area contributed by atoms with Gasteiger partial charge < -0.3 is 5.32 Å². The van der Waals surface area contributed by atoms with Crippen molar-refractivity contribution < 1.29 is 8.42 Å². The largest absolute Gasteiger partial charge is 0.309 e. The summed E-state index contributed by atoms with van der Waals surface area (Å²) in [5, 5.41) is 7.28. The fourth-order valence-corrected chi connectivity index (χ4v) is 2.30. The van der Waals surface area contributed by atoms with Crippen molar-refractivity contribution in [2.75, 3.05) is 5.75 Å². The van der Waals surface area contributed by atoms with E-state index in [1.807, 2.05) is 12.3 Å². The molecule has 6 heteroatoms. The third-order valence-corrected chi connectivity index (χ3v) is 4.90. The van der Waals surface area contributed by atoms with Gasteiger partial charge in [0.2, 0.25) is 0 Å². The zero-order valence-electron chi connectivity index (χ0n) is 11.5. The Morgan fingerprint density at radius 3 is 2.56 bits per heavy atom. The Bertz CT molecular complexity index is 463. The Kier molecular flexibility index (Phi) is 5.34. The first-order valence-corrected chi connectivity index (χ1v) is 8.00. The monoisotopic (exact) mass is 273 g/mol. The molecule has 0 saturated carbocycles. The number of aryl methyl sites for hydroxylation is 1. The molecule has 0 aliphatic heterocycles. The van der Waals surface area contributed by atoms with Gasteiger partial charge in [-0.3, -0.25) is 4.68 Å². The summed E-state index contributed by atoms with van der Waals surface area (Å²) in [5.74, 6) is 0.142. The number of hydrogen-bond acceptors (Lipinski definition) is 4. The quantitative estimate of drug-likeness (QED) is 0.811. The Balaban J connectivity index is 2.50. The van der Waals surface area contributed by atoms with Crippen molar-refractivity contribution in [3.8, 4) is 0 Å². The highest BCUT2D eigenvalue weighted by atomic mass is 32.2. The maximum atomic E-state index is 11.7. The molecular weight excluding hydrogens is 250 g/mol. The van der Waals surface area contributed by atoms with Crippen LogP contribution in [0.2, 0.25) is 0 Å². The number of aromatic nitrogens is 2. The van der Waals surface area contributed by atoms with Crippen LogP contribution in [-0.2, 0) is 22.9 Å². The summed E-state index contributed by atoms with van der Waals surface area (Å²) in [6.45, 7) is 8.69. The molecule has 104 valence electrons. The van der Waals surface area contributed by atoms with Gasteiger partial charge >= 0.3 is 0 Å². The van der Waals surface area contributed by atoms with Gasteiger partial charge in [-0.1, -0.05) is 13.8 Å². The zero-order chi connectivity index (χ0) is 13.8. The molecule has 0 aliphatic rings. The Morgan fingerprint density at radius 1 is 1.33 bits per heavy atom. The summed E-state index contributed by atoms with van der Waals surface area (Å²) >= 11 is 0. The molecule has 1 rings (SSSR count). The van der Waals surface area contributed by atoms with Crippen LogP contribution < -0.4 is 5.32 Å². The lowest BCUT2D eigenvalue weighted by Crippen LogP contribution is -2.23. The Labute approximate surface area is 109 Å². The van der Waals surface area contributed by atoms with E-state index in [0.717, 1.165) is 5.69 Å². The highest BCUT2D eigenvalue weighted by Gasteiger charge is 2.15. The van der Waals surface area contributed by atoms with Gasteiger partial charge in [0.05, 0.1) is 23.2 Å². The standard InChI is InChI=1S/C12H23N3O2S/c1-10(2)13-9-12-5-6-15(14-12)7-8-18(16,17)11(3)4/h5-6,10-11,13H,7-9H2,1-4H3. The van der Waals surface area contributed by atoms with E-state index in [4.69, 9.17) is 0 Å². The van der Waals surface area contributed by atoms with Crippen molar-refractivity contribution in [3.05, 3.63) is 18.0 Å². The second-order valence-electron chi connectivity index (χ2n) is 5.02. The minimum absolute atomic E-state index is 0.142. The van der Waals surface area contributed by atoms with E-state index in [1.54, 1.807) is 18.5 Å². The van der Waals surface area contributed by atoms with E-state index < -0.39 is 9.84 Å². The minimum Gasteiger partial charge on any atom is -0.309 e. The molecule has 0 bridgehead atoms. The van der Waals surface area contributed by atoms with Crippen LogP contribution in [0.4, 0.5) is 0 Å². The van der Waals surface area contributed by atoms with Crippen molar-refractivity contribution >= 4 is 9.84 Å².